The van der Waals surface area contributed by atoms with Crippen LogP contribution in [-0.2, 0) is 18.8 Å². The van der Waals surface area contributed by atoms with Gasteiger partial charge in [-0.2, -0.15) is 5.26 Å². The maximum absolute atomic E-state index is 13.0. The van der Waals surface area contributed by atoms with Gasteiger partial charge in [-0.05, 0) is 46.2 Å². The van der Waals surface area contributed by atoms with Crippen molar-refractivity contribution < 1.29 is 33.3 Å². The Balaban J connectivity index is 1.76. The van der Waals surface area contributed by atoms with Gasteiger partial charge in [0.15, 0.2) is 6.23 Å². The van der Waals surface area contributed by atoms with Crippen LogP contribution in [0.5, 0.6) is 0 Å². The number of imide groups is 1. The van der Waals surface area contributed by atoms with Crippen LogP contribution in [-0.4, -0.2) is 79.6 Å². The van der Waals surface area contributed by atoms with Gasteiger partial charge in [0.1, 0.15) is 24.4 Å². The Bertz CT molecular complexity index is 1430. The molecule has 42 heavy (non-hydrogen) atoms. The molecule has 1 fully saturated rings. The Kier molecular flexibility index (Phi) is 9.74. The standard InChI is InChI=1S/C27H34N5O9P/c1-16(2)32(17(3)4)42(37)41-22-21(38-5)25(30-14-11-20(33)29-26(30)36)40-27(22,12-8-13-28)15-39-31-23(34)18-9-6-7-10-19(18)24(31)35/h6-7,9-11,14,16-17,21-22,25,37H,8,12,15H2,1-5H3,(H,29,33,36)/t21-,22-,25-,27-,42?/m1/s1. The van der Waals surface area contributed by atoms with E-state index in [1.165, 1.54) is 25.4 Å². The number of aromatic amines is 1. The molecule has 0 radical (unpaired) electrons. The van der Waals surface area contributed by atoms with Crippen molar-refractivity contribution in [3.8, 4) is 6.07 Å². The molecule has 5 atom stereocenters. The molecule has 226 valence electrons. The second-order valence-electron chi connectivity index (χ2n) is 10.5. The summed E-state index contributed by atoms with van der Waals surface area (Å²) in [5.74, 6) is -1.35. The number of nitrogens with one attached hydrogen (secondary N) is 1. The summed E-state index contributed by atoms with van der Waals surface area (Å²) in [4.78, 5) is 69.9. The van der Waals surface area contributed by atoms with E-state index >= 15 is 0 Å². The highest BCUT2D eigenvalue weighted by Crippen LogP contribution is 2.51. The molecule has 0 aliphatic carbocycles. The average Bonchev–Trinajstić information content (AvgIpc) is 3.36. The first-order chi connectivity index (χ1) is 20.0. The van der Waals surface area contributed by atoms with Crippen molar-refractivity contribution in [2.45, 2.75) is 76.7 Å². The first-order valence-electron chi connectivity index (χ1n) is 13.4. The third kappa shape index (κ3) is 5.95. The molecule has 0 spiro atoms. The summed E-state index contributed by atoms with van der Waals surface area (Å²) < 4.78 is 21.3. The van der Waals surface area contributed by atoms with Crippen LogP contribution in [0.25, 0.3) is 0 Å². The van der Waals surface area contributed by atoms with Crippen molar-refractivity contribution in [2.75, 3.05) is 13.7 Å². The summed E-state index contributed by atoms with van der Waals surface area (Å²) in [6, 6.07) is 9.22. The Morgan fingerprint density at radius 1 is 1.12 bits per heavy atom. The number of benzene rings is 1. The Hall–Kier alpha value is -3.28. The summed E-state index contributed by atoms with van der Waals surface area (Å²) in [6.07, 6.45) is -2.31. The number of carbonyl (C=O) groups excluding carboxylic acids is 2. The molecule has 1 saturated heterocycles. The zero-order valence-corrected chi connectivity index (χ0v) is 24.8. The van der Waals surface area contributed by atoms with Gasteiger partial charge in [-0.25, -0.2) is 9.46 Å². The van der Waals surface area contributed by atoms with E-state index in [-0.39, 0.29) is 36.1 Å². The van der Waals surface area contributed by atoms with Gasteiger partial charge in [0.2, 0.25) is 0 Å². The number of rotatable bonds is 12. The number of H-pyrrole nitrogens is 1. The summed E-state index contributed by atoms with van der Waals surface area (Å²) in [6.45, 7) is 7.09. The number of nitriles is 1. The lowest BCUT2D eigenvalue weighted by molar-refractivity contribution is -0.188. The lowest BCUT2D eigenvalue weighted by Gasteiger charge is -2.39. The van der Waals surface area contributed by atoms with Crippen LogP contribution in [0.2, 0.25) is 0 Å². The van der Waals surface area contributed by atoms with Crippen molar-refractivity contribution in [3.05, 3.63) is 68.5 Å². The van der Waals surface area contributed by atoms with Gasteiger partial charge in [-0.3, -0.25) is 28.8 Å². The summed E-state index contributed by atoms with van der Waals surface area (Å²) in [7, 11) is -0.912. The molecule has 2 aliphatic rings. The van der Waals surface area contributed by atoms with Gasteiger partial charge in [-0.15, -0.1) is 5.06 Å². The average molecular weight is 604 g/mol. The minimum Gasteiger partial charge on any atom is -0.374 e. The molecule has 1 aromatic carbocycles. The van der Waals surface area contributed by atoms with Gasteiger partial charge in [-0.1, -0.05) is 12.1 Å². The highest BCUT2D eigenvalue weighted by Gasteiger charge is 2.59. The number of carbonyl (C=O) groups is 2. The van der Waals surface area contributed by atoms with Gasteiger partial charge in [0.25, 0.3) is 25.9 Å². The Morgan fingerprint density at radius 2 is 1.74 bits per heavy atom. The fourth-order valence-electron chi connectivity index (χ4n) is 5.32. The predicted molar refractivity (Wildman–Crippen MR) is 149 cm³/mol. The fourth-order valence-corrected chi connectivity index (χ4v) is 6.74. The topological polar surface area (TPSA) is 176 Å². The van der Waals surface area contributed by atoms with Gasteiger partial charge in [0.05, 0.1) is 17.2 Å². The molecule has 2 aliphatic heterocycles. The molecule has 2 aromatic rings. The van der Waals surface area contributed by atoms with E-state index in [2.05, 4.69) is 11.1 Å². The number of aromatic nitrogens is 2. The molecule has 2 N–H and O–H groups in total. The van der Waals surface area contributed by atoms with E-state index in [1.807, 2.05) is 27.7 Å². The molecule has 14 nitrogen and oxygen atoms in total. The third-order valence-electron chi connectivity index (χ3n) is 7.17. The second-order valence-corrected chi connectivity index (χ2v) is 11.7. The van der Waals surface area contributed by atoms with Crippen LogP contribution in [0, 0.1) is 11.3 Å². The maximum Gasteiger partial charge on any atom is 0.330 e. The summed E-state index contributed by atoms with van der Waals surface area (Å²) >= 11 is 0. The number of fused-ring (bicyclic) bond motifs is 1. The minimum atomic E-state index is -2.27. The third-order valence-corrected chi connectivity index (χ3v) is 8.90. The number of hydrogen-bond acceptors (Lipinski definition) is 11. The largest absolute Gasteiger partial charge is 0.374 e. The molecule has 0 saturated carbocycles. The van der Waals surface area contributed by atoms with Crippen molar-refractivity contribution >= 4 is 20.3 Å². The number of nitrogens with zero attached hydrogens (tertiary/aromatic N) is 4. The molecule has 3 heterocycles. The number of ether oxygens (including phenoxy) is 2. The van der Waals surface area contributed by atoms with Crippen LogP contribution >= 0.6 is 8.53 Å². The van der Waals surface area contributed by atoms with E-state index in [9.17, 15) is 29.3 Å². The van der Waals surface area contributed by atoms with E-state index in [0.29, 0.717) is 5.06 Å². The lowest BCUT2D eigenvalue weighted by Crippen LogP contribution is -2.51. The van der Waals surface area contributed by atoms with Gasteiger partial charge >= 0.3 is 5.69 Å². The molecule has 1 aromatic heterocycles. The first kappa shape index (κ1) is 31.7. The molecule has 2 amide bonds. The zero-order chi connectivity index (χ0) is 30.8. The van der Waals surface area contributed by atoms with Crippen LogP contribution in [0.15, 0.2) is 46.1 Å². The van der Waals surface area contributed by atoms with Crippen molar-refractivity contribution in [1.82, 2.24) is 19.3 Å². The van der Waals surface area contributed by atoms with Crippen LogP contribution in [0.4, 0.5) is 0 Å². The fraction of sp³-hybridized carbons (Fsp3) is 0.519. The minimum absolute atomic E-state index is 0.0433. The van der Waals surface area contributed by atoms with Gasteiger partial charge < -0.3 is 18.9 Å². The Morgan fingerprint density at radius 3 is 2.26 bits per heavy atom. The van der Waals surface area contributed by atoms with Gasteiger partial charge in [0, 0.05) is 37.9 Å². The number of amides is 2. The highest BCUT2D eigenvalue weighted by molar-refractivity contribution is 7.43. The quantitative estimate of drug-likeness (QED) is 0.268. The predicted octanol–water partition coefficient (Wildman–Crippen LogP) is 2.07. The van der Waals surface area contributed by atoms with Crippen LogP contribution in [0.1, 0.15) is 67.5 Å². The SMILES string of the molecule is CO[C@H]1[C@H](n2ccc(=O)[nH]c2=O)O[C@](CCC#N)(CON2C(=O)c3ccccc3C2=O)[C@@H]1OP(O)N(C(C)C)C(C)C. The lowest BCUT2D eigenvalue weighted by atomic mass is 9.91. The number of hydrogen-bond donors (Lipinski definition) is 2. The van der Waals surface area contributed by atoms with E-state index in [4.69, 9.17) is 18.8 Å². The zero-order valence-electron chi connectivity index (χ0n) is 23.9. The second kappa shape index (κ2) is 12.9. The van der Waals surface area contributed by atoms with Crippen molar-refractivity contribution in [1.29, 1.82) is 5.26 Å². The maximum atomic E-state index is 13.0. The monoisotopic (exact) mass is 603 g/mol. The molecule has 0 bridgehead atoms. The Labute approximate surface area is 243 Å². The first-order valence-corrected chi connectivity index (χ1v) is 14.6. The molecular weight excluding hydrogens is 569 g/mol. The molecular formula is C27H34N5O9P. The summed E-state index contributed by atoms with van der Waals surface area (Å²) in [5, 5.41) is 10.1. The molecule has 15 heteroatoms. The highest BCUT2D eigenvalue weighted by atomic mass is 31.2. The van der Waals surface area contributed by atoms with Crippen LogP contribution in [0.3, 0.4) is 0 Å². The molecule has 1 unspecified atom stereocenters. The van der Waals surface area contributed by atoms with E-state index in [0.717, 1.165) is 10.6 Å². The van der Waals surface area contributed by atoms with E-state index in [1.54, 1.807) is 16.8 Å². The summed E-state index contributed by atoms with van der Waals surface area (Å²) in [5.41, 5.74) is -2.67. The van der Waals surface area contributed by atoms with Crippen molar-refractivity contribution in [3.63, 3.8) is 0 Å². The number of methoxy groups -OCH3 is 1. The van der Waals surface area contributed by atoms with Crippen molar-refractivity contribution in [2.24, 2.45) is 0 Å². The number of hydroxylamine groups is 2. The smallest absolute Gasteiger partial charge is 0.330 e. The molecule has 4 rings (SSSR count). The van der Waals surface area contributed by atoms with E-state index < -0.39 is 62.2 Å². The normalized spacial score (nSPS) is 24.6. The van der Waals surface area contributed by atoms with Crippen LogP contribution < -0.4 is 11.2 Å².